The normalized spacial score (nSPS) is 23.4. The number of carbonyl (C=O) groups excluding carboxylic acids is 2. The number of nitrogen functional groups attached to an aromatic ring is 1. The number of nitrogens with zero attached hydrogens (tertiary/aromatic N) is 5. The Kier molecular flexibility index (Phi) is 9.07. The summed E-state index contributed by atoms with van der Waals surface area (Å²) in [5.41, 5.74) is 7.13. The lowest BCUT2D eigenvalue weighted by molar-refractivity contribution is -0.197. The minimum absolute atomic E-state index is 0.0829. The van der Waals surface area contributed by atoms with Crippen LogP contribution < -0.4 is 11.1 Å². The monoisotopic (exact) mass is 611 g/mol. The van der Waals surface area contributed by atoms with E-state index in [1.54, 1.807) is 31.7 Å². The molecular weight excluding hydrogens is 570 g/mol. The molecule has 3 aromatic rings. The van der Waals surface area contributed by atoms with E-state index in [1.807, 2.05) is 56.1 Å². The second kappa shape index (κ2) is 12.6. The fourth-order valence-corrected chi connectivity index (χ4v) is 5.36. The number of likely N-dealkylation sites (N-methyl/N-ethyl adjacent to an activating group) is 1. The standard InChI is InChI=1S/C30H41N7O7/c1-29(2,3)44-27(38)19(35-28(39)40-15-18-10-8-7-9-11-18)12-13-36(6)14-20-22-23(43-30(4,5)42-22)26(41-20)37-17-34-21-24(31)32-16-33-25(21)37/h7-11,16-17,19-20,22-23,26H,12-15H2,1-6H3,(H,35,39)(H2,31,32,33)/t19-,20+,22+,23+,26+/m0/s1. The lowest BCUT2D eigenvalue weighted by Gasteiger charge is -2.28. The summed E-state index contributed by atoms with van der Waals surface area (Å²) in [6.07, 6.45) is 0.846. The van der Waals surface area contributed by atoms with Gasteiger partial charge in [-0.15, -0.1) is 0 Å². The summed E-state index contributed by atoms with van der Waals surface area (Å²) >= 11 is 0. The summed E-state index contributed by atoms with van der Waals surface area (Å²) in [5.74, 6) is -1.08. The van der Waals surface area contributed by atoms with Crippen LogP contribution in [0.5, 0.6) is 0 Å². The van der Waals surface area contributed by atoms with Crippen molar-refractivity contribution in [1.29, 1.82) is 0 Å². The van der Waals surface area contributed by atoms with E-state index < -0.39 is 41.8 Å². The summed E-state index contributed by atoms with van der Waals surface area (Å²) in [6, 6.07) is 8.39. The van der Waals surface area contributed by atoms with E-state index in [0.29, 0.717) is 24.3 Å². The maximum atomic E-state index is 13.1. The van der Waals surface area contributed by atoms with Crippen LogP contribution in [0.25, 0.3) is 11.2 Å². The predicted octanol–water partition coefficient (Wildman–Crippen LogP) is 2.78. The number of hydrogen-bond donors (Lipinski definition) is 2. The second-order valence-corrected chi connectivity index (χ2v) is 12.6. The third-order valence-electron chi connectivity index (χ3n) is 7.27. The van der Waals surface area contributed by atoms with Crippen LogP contribution in [0.4, 0.5) is 10.6 Å². The van der Waals surface area contributed by atoms with Gasteiger partial charge in [-0.05, 0) is 53.7 Å². The number of hydrogen-bond acceptors (Lipinski definition) is 12. The molecule has 5 rings (SSSR count). The summed E-state index contributed by atoms with van der Waals surface area (Å²) in [6.45, 7) is 10.0. The maximum Gasteiger partial charge on any atom is 0.408 e. The van der Waals surface area contributed by atoms with Gasteiger partial charge in [-0.25, -0.2) is 24.5 Å². The first-order valence-corrected chi connectivity index (χ1v) is 14.6. The van der Waals surface area contributed by atoms with Gasteiger partial charge in [0.15, 0.2) is 23.5 Å². The van der Waals surface area contributed by atoms with Gasteiger partial charge < -0.3 is 39.6 Å². The molecule has 1 aromatic carbocycles. The molecule has 0 spiro atoms. The molecule has 238 valence electrons. The largest absolute Gasteiger partial charge is 0.458 e. The molecule has 14 nitrogen and oxygen atoms in total. The first kappa shape index (κ1) is 31.6. The van der Waals surface area contributed by atoms with Crippen molar-refractivity contribution in [3.05, 3.63) is 48.5 Å². The van der Waals surface area contributed by atoms with Crippen molar-refractivity contribution >= 4 is 29.0 Å². The van der Waals surface area contributed by atoms with E-state index in [4.69, 9.17) is 29.4 Å². The van der Waals surface area contributed by atoms with Crippen LogP contribution in [0, 0.1) is 0 Å². The van der Waals surface area contributed by atoms with Crippen molar-refractivity contribution in [2.75, 3.05) is 25.9 Å². The number of nitrogens with two attached hydrogens (primary N) is 1. The molecular formula is C30H41N7O7. The summed E-state index contributed by atoms with van der Waals surface area (Å²) < 4.78 is 31.8. The molecule has 14 heteroatoms. The zero-order valence-corrected chi connectivity index (χ0v) is 25.9. The zero-order chi connectivity index (χ0) is 31.6. The average molecular weight is 612 g/mol. The van der Waals surface area contributed by atoms with Gasteiger partial charge in [0.25, 0.3) is 0 Å². The lowest BCUT2D eigenvalue weighted by atomic mass is 10.1. The molecule has 0 aliphatic carbocycles. The van der Waals surface area contributed by atoms with Crippen LogP contribution in [0.2, 0.25) is 0 Å². The Balaban J connectivity index is 1.24. The van der Waals surface area contributed by atoms with E-state index in [-0.39, 0.29) is 31.1 Å². The molecule has 0 bridgehead atoms. The first-order valence-electron chi connectivity index (χ1n) is 14.6. The number of carbonyl (C=O) groups is 2. The Morgan fingerprint density at radius 2 is 1.86 bits per heavy atom. The zero-order valence-electron chi connectivity index (χ0n) is 25.9. The Labute approximate surface area is 256 Å². The number of rotatable bonds is 10. The molecule has 0 saturated carbocycles. The quantitative estimate of drug-likeness (QED) is 0.323. The molecule has 44 heavy (non-hydrogen) atoms. The molecule has 0 unspecified atom stereocenters. The number of anilines is 1. The highest BCUT2D eigenvalue weighted by atomic mass is 16.8. The third-order valence-corrected chi connectivity index (χ3v) is 7.27. The molecule has 1 amide bonds. The van der Waals surface area contributed by atoms with Crippen molar-refractivity contribution < 1.29 is 33.3 Å². The smallest absolute Gasteiger partial charge is 0.408 e. The Hall–Kier alpha value is -3.85. The van der Waals surface area contributed by atoms with Crippen LogP contribution in [0.15, 0.2) is 43.0 Å². The van der Waals surface area contributed by atoms with Gasteiger partial charge in [0.2, 0.25) is 0 Å². The summed E-state index contributed by atoms with van der Waals surface area (Å²) in [5, 5.41) is 2.68. The Morgan fingerprint density at radius 3 is 2.59 bits per heavy atom. The Morgan fingerprint density at radius 1 is 1.14 bits per heavy atom. The van der Waals surface area contributed by atoms with Crippen LogP contribution in [-0.4, -0.2) is 92.4 Å². The summed E-state index contributed by atoms with van der Waals surface area (Å²) in [7, 11) is 1.91. The van der Waals surface area contributed by atoms with Crippen molar-refractivity contribution in [3.63, 3.8) is 0 Å². The van der Waals surface area contributed by atoms with Crippen LogP contribution >= 0.6 is 0 Å². The predicted molar refractivity (Wildman–Crippen MR) is 159 cm³/mol. The van der Waals surface area contributed by atoms with E-state index in [0.717, 1.165) is 5.56 Å². The van der Waals surface area contributed by atoms with Gasteiger partial charge in [0, 0.05) is 13.1 Å². The average Bonchev–Trinajstić information content (AvgIpc) is 3.61. The van der Waals surface area contributed by atoms with Gasteiger partial charge in [-0.3, -0.25) is 4.57 Å². The number of alkyl carbamates (subject to hydrolysis) is 1. The van der Waals surface area contributed by atoms with E-state index >= 15 is 0 Å². The van der Waals surface area contributed by atoms with E-state index in [1.165, 1.54) is 6.33 Å². The van der Waals surface area contributed by atoms with Gasteiger partial charge in [-0.1, -0.05) is 30.3 Å². The lowest BCUT2D eigenvalue weighted by Crippen LogP contribution is -2.46. The van der Waals surface area contributed by atoms with Gasteiger partial charge in [0.1, 0.15) is 48.4 Å². The maximum absolute atomic E-state index is 13.1. The number of fused-ring (bicyclic) bond motifs is 2. The number of benzene rings is 1. The van der Waals surface area contributed by atoms with Crippen molar-refractivity contribution in [3.8, 4) is 0 Å². The highest BCUT2D eigenvalue weighted by molar-refractivity contribution is 5.82. The van der Waals surface area contributed by atoms with Crippen LogP contribution in [0.3, 0.4) is 0 Å². The topological polar surface area (TPSA) is 165 Å². The van der Waals surface area contributed by atoms with Gasteiger partial charge in [0.05, 0.1) is 6.33 Å². The van der Waals surface area contributed by atoms with Crippen molar-refractivity contribution in [2.24, 2.45) is 0 Å². The number of aromatic nitrogens is 4. The number of nitrogens with one attached hydrogen (secondary N) is 1. The Bertz CT molecular complexity index is 1460. The second-order valence-electron chi connectivity index (χ2n) is 12.6. The first-order chi connectivity index (χ1) is 20.8. The highest BCUT2D eigenvalue weighted by Crippen LogP contribution is 2.44. The van der Waals surface area contributed by atoms with Crippen molar-refractivity contribution in [2.45, 2.75) is 89.6 Å². The molecule has 5 atom stereocenters. The highest BCUT2D eigenvalue weighted by Gasteiger charge is 2.56. The molecule has 4 heterocycles. The molecule has 0 radical (unpaired) electrons. The number of amides is 1. The molecule has 3 N–H and O–H groups in total. The fraction of sp³-hybridized carbons (Fsp3) is 0.567. The minimum atomic E-state index is -0.919. The number of ether oxygens (including phenoxy) is 5. The fourth-order valence-electron chi connectivity index (χ4n) is 5.36. The van der Waals surface area contributed by atoms with Gasteiger partial charge in [-0.2, -0.15) is 0 Å². The third kappa shape index (κ3) is 7.44. The number of imidazole rings is 1. The van der Waals surface area contributed by atoms with E-state index in [9.17, 15) is 9.59 Å². The van der Waals surface area contributed by atoms with E-state index in [2.05, 4.69) is 20.3 Å². The van der Waals surface area contributed by atoms with Crippen LogP contribution in [-0.2, 0) is 35.1 Å². The minimum Gasteiger partial charge on any atom is -0.458 e. The summed E-state index contributed by atoms with van der Waals surface area (Å²) in [4.78, 5) is 40.5. The molecule has 2 aliphatic heterocycles. The molecule has 2 saturated heterocycles. The molecule has 2 fully saturated rings. The molecule has 2 aliphatic rings. The van der Waals surface area contributed by atoms with Crippen LogP contribution in [0.1, 0.15) is 52.8 Å². The van der Waals surface area contributed by atoms with Gasteiger partial charge >= 0.3 is 12.1 Å². The SMILES string of the molecule is CN(CC[C@H](NC(=O)OCc1ccccc1)C(=O)OC(C)(C)C)C[C@H]1O[C@@H](n2cnc3c(N)ncnc32)[C@@H]2OC(C)(C)O[C@@H]21. The number of esters is 1. The van der Waals surface area contributed by atoms with Crippen molar-refractivity contribution in [1.82, 2.24) is 29.7 Å². The molecule has 2 aromatic heterocycles.